The number of halogens is 4. The molecule has 0 heterocycles. The van der Waals surface area contributed by atoms with E-state index in [9.17, 15) is 18.0 Å². The van der Waals surface area contributed by atoms with E-state index in [0.717, 1.165) is 30.9 Å². The van der Waals surface area contributed by atoms with Crippen LogP contribution in [0, 0.1) is 11.8 Å². The molecule has 0 aliphatic carbocycles. The minimum atomic E-state index is -4.51. The molecule has 0 saturated heterocycles. The largest absolute Gasteiger partial charge is 0.392 e. The maximum atomic E-state index is 13.5. The van der Waals surface area contributed by atoms with E-state index in [2.05, 4.69) is 19.2 Å². The Bertz CT molecular complexity index is 831. The molecule has 0 aliphatic rings. The SMILES string of the molecule is CCc1ccc([C@@H](C(=O)Nc2cc(CC(C)C)ccc2Cl)[C@@H](C)C(F)(F)F)cc1. The first-order chi connectivity index (χ1) is 13.5. The topological polar surface area (TPSA) is 29.1 Å². The molecule has 1 amide bonds. The highest BCUT2D eigenvalue weighted by Gasteiger charge is 2.45. The number of nitrogens with one attached hydrogen (secondary N) is 1. The van der Waals surface area contributed by atoms with Crippen molar-refractivity contribution in [3.8, 4) is 0 Å². The summed E-state index contributed by atoms with van der Waals surface area (Å²) >= 11 is 6.20. The molecule has 2 atom stereocenters. The second-order valence-electron chi connectivity index (χ2n) is 7.80. The van der Waals surface area contributed by atoms with E-state index in [1.807, 2.05) is 13.0 Å². The minimum absolute atomic E-state index is 0.297. The third kappa shape index (κ3) is 6.23. The van der Waals surface area contributed by atoms with Crippen LogP contribution < -0.4 is 5.32 Å². The molecule has 2 aromatic carbocycles. The van der Waals surface area contributed by atoms with Gasteiger partial charge in [0.2, 0.25) is 5.91 Å². The molecular weight excluding hydrogens is 399 g/mol. The van der Waals surface area contributed by atoms with E-state index < -0.39 is 23.9 Å². The number of carbonyl (C=O) groups is 1. The van der Waals surface area contributed by atoms with E-state index in [-0.39, 0.29) is 0 Å². The van der Waals surface area contributed by atoms with Gasteiger partial charge in [-0.3, -0.25) is 4.79 Å². The molecule has 158 valence electrons. The van der Waals surface area contributed by atoms with Gasteiger partial charge in [-0.25, -0.2) is 0 Å². The van der Waals surface area contributed by atoms with Crippen LogP contribution in [0.2, 0.25) is 5.02 Å². The Morgan fingerprint density at radius 2 is 1.62 bits per heavy atom. The summed E-state index contributed by atoms with van der Waals surface area (Å²) in [6, 6.07) is 12.0. The predicted molar refractivity (Wildman–Crippen MR) is 112 cm³/mol. The molecule has 1 N–H and O–H groups in total. The minimum Gasteiger partial charge on any atom is -0.324 e. The van der Waals surface area contributed by atoms with Crippen molar-refractivity contribution in [2.75, 3.05) is 5.32 Å². The molecule has 6 heteroatoms. The molecule has 0 aromatic heterocycles. The Labute approximate surface area is 175 Å². The quantitative estimate of drug-likeness (QED) is 0.507. The van der Waals surface area contributed by atoms with Crippen LogP contribution in [0.3, 0.4) is 0 Å². The molecule has 29 heavy (non-hydrogen) atoms. The highest BCUT2D eigenvalue weighted by Crippen LogP contribution is 2.38. The van der Waals surface area contributed by atoms with Gasteiger partial charge >= 0.3 is 6.18 Å². The van der Waals surface area contributed by atoms with Gasteiger partial charge < -0.3 is 5.32 Å². The van der Waals surface area contributed by atoms with E-state index in [1.54, 1.807) is 36.4 Å². The molecule has 0 fully saturated rings. The highest BCUT2D eigenvalue weighted by atomic mass is 35.5. The average molecular weight is 426 g/mol. The smallest absolute Gasteiger partial charge is 0.324 e. The number of rotatable bonds is 7. The number of alkyl halides is 3. The maximum absolute atomic E-state index is 13.5. The molecule has 0 unspecified atom stereocenters. The summed E-state index contributed by atoms with van der Waals surface area (Å²) in [6.07, 6.45) is -2.96. The number of aryl methyl sites for hydroxylation is 1. The summed E-state index contributed by atoms with van der Waals surface area (Å²) < 4.78 is 40.5. The number of anilines is 1. The fraction of sp³-hybridized carbons (Fsp3) is 0.435. The van der Waals surface area contributed by atoms with Crippen molar-refractivity contribution >= 4 is 23.2 Å². The number of benzene rings is 2. The van der Waals surface area contributed by atoms with Crippen molar-refractivity contribution in [3.63, 3.8) is 0 Å². The zero-order valence-electron chi connectivity index (χ0n) is 17.1. The monoisotopic (exact) mass is 425 g/mol. The predicted octanol–water partition coefficient (Wildman–Crippen LogP) is 7.02. The molecule has 0 aliphatic heterocycles. The normalized spacial score (nSPS) is 14.0. The standard InChI is InChI=1S/C23H27ClF3NO/c1-5-16-6-9-18(10-7-16)21(15(4)23(25,26)27)22(29)28-20-13-17(12-14(2)3)8-11-19(20)24/h6-11,13-15,21H,5,12H2,1-4H3,(H,28,29)/t15-,21+/m1/s1. The fourth-order valence-electron chi connectivity index (χ4n) is 3.29. The summed E-state index contributed by atoms with van der Waals surface area (Å²) in [5, 5.41) is 2.93. The van der Waals surface area contributed by atoms with Gasteiger partial charge in [0.15, 0.2) is 0 Å². The zero-order valence-corrected chi connectivity index (χ0v) is 17.9. The van der Waals surface area contributed by atoms with Crippen LogP contribution in [0.1, 0.15) is 50.3 Å². The summed E-state index contributed by atoms with van der Waals surface area (Å²) in [7, 11) is 0. The van der Waals surface area contributed by atoms with Crippen LogP contribution in [0.25, 0.3) is 0 Å². The molecule has 0 bridgehead atoms. The summed E-state index contributed by atoms with van der Waals surface area (Å²) in [4.78, 5) is 13.0. The van der Waals surface area contributed by atoms with Crippen molar-refractivity contribution < 1.29 is 18.0 Å². The third-order valence-electron chi connectivity index (χ3n) is 4.98. The van der Waals surface area contributed by atoms with Gasteiger partial charge in [0.1, 0.15) is 0 Å². The fourth-order valence-corrected chi connectivity index (χ4v) is 3.46. The number of carbonyl (C=O) groups excluding carboxylic acids is 1. The van der Waals surface area contributed by atoms with Crippen LogP contribution in [-0.2, 0) is 17.6 Å². The Hall–Kier alpha value is -2.01. The number of hydrogen-bond donors (Lipinski definition) is 1. The summed E-state index contributed by atoms with van der Waals surface area (Å²) in [5.74, 6) is -3.53. The van der Waals surface area contributed by atoms with Crippen LogP contribution in [0.15, 0.2) is 42.5 Å². The van der Waals surface area contributed by atoms with E-state index >= 15 is 0 Å². The Morgan fingerprint density at radius 3 is 2.14 bits per heavy atom. The second kappa shape index (κ2) is 9.66. The molecule has 2 rings (SSSR count). The van der Waals surface area contributed by atoms with Crippen molar-refractivity contribution in [1.29, 1.82) is 0 Å². The summed E-state index contributed by atoms with van der Waals surface area (Å²) in [5.41, 5.74) is 2.63. The van der Waals surface area contributed by atoms with Gasteiger partial charge in [-0.15, -0.1) is 0 Å². The molecular formula is C23H27ClF3NO. The molecule has 2 nitrogen and oxygen atoms in total. The Balaban J connectivity index is 2.37. The van der Waals surface area contributed by atoms with Gasteiger partial charge in [0.25, 0.3) is 0 Å². The number of hydrogen-bond acceptors (Lipinski definition) is 1. The van der Waals surface area contributed by atoms with Gasteiger partial charge in [0, 0.05) is 0 Å². The second-order valence-corrected chi connectivity index (χ2v) is 8.21. The van der Waals surface area contributed by atoms with Gasteiger partial charge in [-0.05, 0) is 47.6 Å². The lowest BCUT2D eigenvalue weighted by molar-refractivity contribution is -0.178. The maximum Gasteiger partial charge on any atom is 0.392 e. The van der Waals surface area contributed by atoms with Crippen molar-refractivity contribution in [3.05, 3.63) is 64.2 Å². The van der Waals surface area contributed by atoms with E-state index in [1.165, 1.54) is 0 Å². The summed E-state index contributed by atoms with van der Waals surface area (Å²) in [6.45, 7) is 7.13. The van der Waals surface area contributed by atoms with E-state index in [4.69, 9.17) is 11.6 Å². The third-order valence-corrected chi connectivity index (χ3v) is 5.31. The van der Waals surface area contributed by atoms with Crippen LogP contribution in [0.4, 0.5) is 18.9 Å². The average Bonchev–Trinajstić information content (AvgIpc) is 2.64. The first kappa shape index (κ1) is 23.3. The van der Waals surface area contributed by atoms with Crippen LogP contribution >= 0.6 is 11.6 Å². The molecule has 0 saturated carbocycles. The Kier molecular flexibility index (Phi) is 7.75. The van der Waals surface area contributed by atoms with Gasteiger partial charge in [-0.2, -0.15) is 13.2 Å². The van der Waals surface area contributed by atoms with Crippen molar-refractivity contribution in [1.82, 2.24) is 0 Å². The van der Waals surface area contributed by atoms with Crippen LogP contribution in [-0.4, -0.2) is 12.1 Å². The molecule has 0 spiro atoms. The molecule has 0 radical (unpaired) electrons. The zero-order chi connectivity index (χ0) is 21.8. The van der Waals surface area contributed by atoms with Crippen LogP contribution in [0.5, 0.6) is 0 Å². The Morgan fingerprint density at radius 1 is 1.03 bits per heavy atom. The highest BCUT2D eigenvalue weighted by molar-refractivity contribution is 6.33. The lowest BCUT2D eigenvalue weighted by Crippen LogP contribution is -2.34. The van der Waals surface area contributed by atoms with E-state index in [0.29, 0.717) is 22.2 Å². The molecule has 2 aromatic rings. The number of amides is 1. The van der Waals surface area contributed by atoms with Crippen molar-refractivity contribution in [2.45, 2.75) is 52.6 Å². The first-order valence-electron chi connectivity index (χ1n) is 9.77. The van der Waals surface area contributed by atoms with Crippen molar-refractivity contribution in [2.24, 2.45) is 11.8 Å². The first-order valence-corrected chi connectivity index (χ1v) is 10.2. The van der Waals surface area contributed by atoms with Gasteiger partial charge in [-0.1, -0.05) is 69.6 Å². The van der Waals surface area contributed by atoms with Gasteiger partial charge in [0.05, 0.1) is 22.5 Å². The lowest BCUT2D eigenvalue weighted by atomic mass is 9.85. The lowest BCUT2D eigenvalue weighted by Gasteiger charge is -2.26.